The maximum atomic E-state index is 13.6. The lowest BCUT2D eigenvalue weighted by Gasteiger charge is -2.40. The molecule has 0 N–H and O–H groups in total. The first-order valence-corrected chi connectivity index (χ1v) is 11.0. The summed E-state index contributed by atoms with van der Waals surface area (Å²) in [4.78, 5) is 14.2. The minimum Gasteiger partial charge on any atom is -0.444 e. The van der Waals surface area contributed by atoms with Gasteiger partial charge in [0.1, 0.15) is 12.4 Å². The minimum absolute atomic E-state index is 0.00507. The van der Waals surface area contributed by atoms with Crippen molar-refractivity contribution in [3.8, 4) is 0 Å². The summed E-state index contributed by atoms with van der Waals surface area (Å²) in [5.41, 5.74) is 3.32. The number of amides is 1. The van der Waals surface area contributed by atoms with Crippen LogP contribution in [0, 0.1) is 19.7 Å². The van der Waals surface area contributed by atoms with E-state index >= 15 is 0 Å². The van der Waals surface area contributed by atoms with Crippen molar-refractivity contribution >= 4 is 21.8 Å². The molecule has 2 aromatic rings. The number of hydrogen-bond acceptors (Lipinski definition) is 4. The molecule has 0 radical (unpaired) electrons. The molecule has 0 aromatic heterocycles. The van der Waals surface area contributed by atoms with Gasteiger partial charge in [0.2, 0.25) is 10.0 Å². The van der Waals surface area contributed by atoms with Gasteiger partial charge in [-0.05, 0) is 49.9 Å². The molecule has 2 aliphatic heterocycles. The first kappa shape index (κ1) is 19.8. The van der Waals surface area contributed by atoms with Crippen LogP contribution in [0.1, 0.15) is 29.5 Å². The number of aryl methyl sites for hydroxylation is 2. The number of cyclic esters (lactones) is 1. The molecule has 0 saturated carbocycles. The quantitative estimate of drug-likeness (QED) is 0.761. The molecular formula is C21H23FN2O4S. The summed E-state index contributed by atoms with van der Waals surface area (Å²) in [6.07, 6.45) is 0.571. The van der Waals surface area contributed by atoms with Crippen molar-refractivity contribution in [1.29, 1.82) is 0 Å². The summed E-state index contributed by atoms with van der Waals surface area (Å²) < 4.78 is 46.4. The van der Waals surface area contributed by atoms with Crippen molar-refractivity contribution in [2.45, 2.75) is 44.2 Å². The normalized spacial score (nSPS) is 18.4. The van der Waals surface area contributed by atoms with Crippen molar-refractivity contribution in [2.75, 3.05) is 18.0 Å². The molecule has 29 heavy (non-hydrogen) atoms. The van der Waals surface area contributed by atoms with E-state index in [0.29, 0.717) is 18.4 Å². The summed E-state index contributed by atoms with van der Waals surface area (Å²) in [5.74, 6) is -0.577. The van der Waals surface area contributed by atoms with Gasteiger partial charge in [-0.1, -0.05) is 24.3 Å². The number of sulfonamides is 1. The summed E-state index contributed by atoms with van der Waals surface area (Å²) in [6, 6.07) is 9.47. The first-order chi connectivity index (χ1) is 13.8. The van der Waals surface area contributed by atoms with Crippen LogP contribution in [0.4, 0.5) is 14.9 Å². The van der Waals surface area contributed by atoms with E-state index in [1.54, 1.807) is 11.8 Å². The molecule has 0 unspecified atom stereocenters. The molecule has 8 heteroatoms. The SMILES string of the molecule is Cc1ccc(F)cc1S(=O)(=O)N1CCC(N2C(=O)OCc3cccc(C)c32)CC1. The van der Waals surface area contributed by atoms with Crippen LogP contribution in [0.3, 0.4) is 0 Å². The Labute approximate surface area is 169 Å². The van der Waals surface area contributed by atoms with Crippen LogP contribution in [-0.4, -0.2) is 37.9 Å². The van der Waals surface area contributed by atoms with Crippen LogP contribution >= 0.6 is 0 Å². The number of para-hydroxylation sites is 1. The fraction of sp³-hybridized carbons (Fsp3) is 0.381. The Balaban J connectivity index is 1.56. The lowest BCUT2D eigenvalue weighted by molar-refractivity contribution is 0.135. The van der Waals surface area contributed by atoms with Crippen LogP contribution < -0.4 is 4.90 Å². The summed E-state index contributed by atoms with van der Waals surface area (Å²) in [6.45, 7) is 4.37. The Morgan fingerprint density at radius 2 is 1.79 bits per heavy atom. The van der Waals surface area contributed by atoms with Crippen LogP contribution in [0.15, 0.2) is 41.3 Å². The Morgan fingerprint density at radius 3 is 2.52 bits per heavy atom. The van der Waals surface area contributed by atoms with Gasteiger partial charge in [0, 0.05) is 24.7 Å². The second kappa shape index (κ2) is 7.42. The third-order valence-corrected chi connectivity index (χ3v) is 7.71. The number of nitrogens with zero attached hydrogens (tertiary/aromatic N) is 2. The number of ether oxygens (including phenoxy) is 1. The third-order valence-electron chi connectivity index (χ3n) is 5.67. The number of piperidine rings is 1. The lowest BCUT2D eigenvalue weighted by atomic mass is 10.00. The zero-order valence-electron chi connectivity index (χ0n) is 16.4. The fourth-order valence-electron chi connectivity index (χ4n) is 4.14. The van der Waals surface area contributed by atoms with Crippen LogP contribution in [-0.2, 0) is 21.4 Å². The predicted molar refractivity (Wildman–Crippen MR) is 107 cm³/mol. The summed E-state index contributed by atoms with van der Waals surface area (Å²) in [7, 11) is -3.79. The molecule has 154 valence electrons. The highest BCUT2D eigenvalue weighted by molar-refractivity contribution is 7.89. The van der Waals surface area contributed by atoms with Crippen LogP contribution in [0.25, 0.3) is 0 Å². The number of carbonyl (C=O) groups is 1. The van der Waals surface area contributed by atoms with E-state index in [0.717, 1.165) is 22.9 Å². The van der Waals surface area contributed by atoms with Gasteiger partial charge in [0.15, 0.2) is 0 Å². The van der Waals surface area contributed by atoms with Gasteiger partial charge < -0.3 is 4.74 Å². The third kappa shape index (κ3) is 3.51. The maximum absolute atomic E-state index is 13.6. The molecule has 1 fully saturated rings. The molecule has 2 heterocycles. The second-order valence-corrected chi connectivity index (χ2v) is 9.46. The van der Waals surface area contributed by atoms with E-state index in [1.807, 2.05) is 25.1 Å². The largest absolute Gasteiger partial charge is 0.444 e. The molecule has 2 aromatic carbocycles. The maximum Gasteiger partial charge on any atom is 0.414 e. The number of carbonyl (C=O) groups excluding carboxylic acids is 1. The van der Waals surface area contributed by atoms with Crippen molar-refractivity contribution < 1.29 is 22.3 Å². The number of benzene rings is 2. The van der Waals surface area contributed by atoms with Gasteiger partial charge in [-0.25, -0.2) is 17.6 Å². The average Bonchev–Trinajstić information content (AvgIpc) is 2.70. The Bertz CT molecular complexity index is 1060. The number of fused-ring (bicyclic) bond motifs is 1. The van der Waals surface area contributed by atoms with Gasteiger partial charge in [0.25, 0.3) is 0 Å². The molecule has 2 aliphatic rings. The summed E-state index contributed by atoms with van der Waals surface area (Å²) >= 11 is 0. The summed E-state index contributed by atoms with van der Waals surface area (Å²) in [5, 5.41) is 0. The first-order valence-electron chi connectivity index (χ1n) is 9.60. The van der Waals surface area contributed by atoms with Gasteiger partial charge in [0.05, 0.1) is 10.6 Å². The van der Waals surface area contributed by atoms with E-state index in [9.17, 15) is 17.6 Å². The monoisotopic (exact) mass is 418 g/mol. The average molecular weight is 418 g/mol. The van der Waals surface area contributed by atoms with Gasteiger partial charge in [-0.2, -0.15) is 4.31 Å². The van der Waals surface area contributed by atoms with Crippen molar-refractivity contribution in [3.63, 3.8) is 0 Å². The number of anilines is 1. The molecule has 0 atom stereocenters. The van der Waals surface area contributed by atoms with Gasteiger partial charge in [-0.3, -0.25) is 4.90 Å². The molecule has 0 spiro atoms. The molecule has 6 nitrogen and oxygen atoms in total. The van der Waals surface area contributed by atoms with E-state index < -0.39 is 21.9 Å². The van der Waals surface area contributed by atoms with E-state index in [1.165, 1.54) is 16.4 Å². The molecule has 4 rings (SSSR count). The molecule has 1 saturated heterocycles. The Hall–Kier alpha value is -2.45. The molecule has 0 bridgehead atoms. The zero-order chi connectivity index (χ0) is 20.8. The smallest absolute Gasteiger partial charge is 0.414 e. The van der Waals surface area contributed by atoms with Gasteiger partial charge >= 0.3 is 6.09 Å². The molecule has 1 amide bonds. The van der Waals surface area contributed by atoms with Gasteiger partial charge in [-0.15, -0.1) is 0 Å². The van der Waals surface area contributed by atoms with E-state index in [2.05, 4.69) is 0 Å². The Morgan fingerprint density at radius 1 is 1.07 bits per heavy atom. The van der Waals surface area contributed by atoms with E-state index in [-0.39, 0.29) is 30.6 Å². The van der Waals surface area contributed by atoms with Crippen LogP contribution in [0.2, 0.25) is 0 Å². The van der Waals surface area contributed by atoms with Crippen molar-refractivity contribution in [1.82, 2.24) is 4.31 Å². The molecular weight excluding hydrogens is 395 g/mol. The predicted octanol–water partition coefficient (Wildman–Crippen LogP) is 3.75. The molecule has 0 aliphatic carbocycles. The number of rotatable bonds is 3. The minimum atomic E-state index is -3.79. The lowest BCUT2D eigenvalue weighted by Crippen LogP contribution is -2.50. The highest BCUT2D eigenvalue weighted by atomic mass is 32.2. The number of halogens is 1. The number of hydrogen-bond donors (Lipinski definition) is 0. The highest BCUT2D eigenvalue weighted by Crippen LogP contribution is 2.35. The zero-order valence-corrected chi connectivity index (χ0v) is 17.2. The fourth-order valence-corrected chi connectivity index (χ4v) is 5.85. The Kier molecular flexibility index (Phi) is 5.08. The highest BCUT2D eigenvalue weighted by Gasteiger charge is 2.38. The standard InChI is InChI=1S/C21H23FN2O4S/c1-14-6-7-17(22)12-19(14)29(26,27)23-10-8-18(9-11-23)24-20-15(2)4-3-5-16(20)13-28-21(24)25/h3-7,12,18H,8-11,13H2,1-2H3. The van der Waals surface area contributed by atoms with Crippen molar-refractivity contribution in [2.24, 2.45) is 0 Å². The van der Waals surface area contributed by atoms with E-state index in [4.69, 9.17) is 4.74 Å². The second-order valence-electron chi connectivity index (χ2n) is 7.55. The van der Waals surface area contributed by atoms with Crippen LogP contribution in [0.5, 0.6) is 0 Å². The topological polar surface area (TPSA) is 66.9 Å². The van der Waals surface area contributed by atoms with Crippen molar-refractivity contribution in [3.05, 3.63) is 58.9 Å².